The molecule has 0 radical (unpaired) electrons. The van der Waals surface area contributed by atoms with Crippen LogP contribution in [0.4, 0.5) is 0 Å². The van der Waals surface area contributed by atoms with Gasteiger partial charge in [-0.15, -0.1) is 0 Å². The topological polar surface area (TPSA) is 307 Å². The molecule has 0 aromatic rings. The van der Waals surface area contributed by atoms with Crippen molar-refractivity contribution < 1.29 is 89.4 Å². The Bertz CT molecular complexity index is 2140. The number of hydrogen-bond donors (Lipinski definition) is 12. The molecule has 92 heavy (non-hydrogen) atoms. The molecular weight excluding hydrogens is 1180 g/mol. The van der Waals surface area contributed by atoms with Crippen LogP contribution < -0.4 is 5.32 Å². The summed E-state index contributed by atoms with van der Waals surface area (Å²) in [5.41, 5.74) is 0. The highest BCUT2D eigenvalue weighted by atomic mass is 16.8. The molecule has 3 aliphatic heterocycles. The molecule has 1 amide bonds. The second-order valence-corrected chi connectivity index (χ2v) is 24.2. The highest BCUT2D eigenvalue weighted by Gasteiger charge is 2.53. The van der Waals surface area contributed by atoms with E-state index >= 15 is 0 Å². The molecule has 0 bridgehead atoms. The van der Waals surface area contributed by atoms with E-state index in [2.05, 4.69) is 129 Å². The summed E-state index contributed by atoms with van der Waals surface area (Å²) in [6, 6.07) is -0.994. The average Bonchev–Trinajstić information content (AvgIpc) is 0.830. The number of ether oxygens (including phenoxy) is 6. The highest BCUT2D eigenvalue weighted by Crippen LogP contribution is 2.33. The van der Waals surface area contributed by atoms with E-state index in [0.29, 0.717) is 12.8 Å². The molecule has 526 valence electrons. The maximum Gasteiger partial charge on any atom is 0.220 e. The van der Waals surface area contributed by atoms with Crippen LogP contribution in [0.2, 0.25) is 0 Å². The number of rotatable bonds is 51. The van der Waals surface area contributed by atoms with Crippen LogP contribution >= 0.6 is 0 Å². The predicted octanol–water partition coefficient (Wildman–Crippen LogP) is 9.21. The molecule has 0 spiro atoms. The number of allylic oxidation sites excluding steroid dienone is 19. The summed E-state index contributed by atoms with van der Waals surface area (Å²) in [7, 11) is 0. The first-order valence-corrected chi connectivity index (χ1v) is 34.8. The maximum atomic E-state index is 13.3. The van der Waals surface area contributed by atoms with Crippen molar-refractivity contribution >= 4 is 5.91 Å². The number of unbranched alkanes of at least 4 members (excludes halogenated alkanes) is 17. The summed E-state index contributed by atoms with van der Waals surface area (Å²) in [6.45, 7) is 1.48. The van der Waals surface area contributed by atoms with Gasteiger partial charge in [0.05, 0.1) is 38.6 Å². The third-order valence-corrected chi connectivity index (χ3v) is 16.5. The van der Waals surface area contributed by atoms with Gasteiger partial charge < -0.3 is 89.9 Å². The van der Waals surface area contributed by atoms with Gasteiger partial charge in [0.1, 0.15) is 73.2 Å². The van der Waals surface area contributed by atoms with Gasteiger partial charge in [0.15, 0.2) is 18.9 Å². The fourth-order valence-corrected chi connectivity index (χ4v) is 10.9. The summed E-state index contributed by atoms with van der Waals surface area (Å²) in [5.74, 6) is -0.295. The molecule has 0 aromatic heterocycles. The number of amides is 1. The van der Waals surface area contributed by atoms with Gasteiger partial charge in [-0.25, -0.2) is 0 Å². The van der Waals surface area contributed by atoms with E-state index < -0.39 is 124 Å². The van der Waals surface area contributed by atoms with Gasteiger partial charge >= 0.3 is 0 Å². The number of aliphatic hydroxyl groups is 11. The zero-order valence-corrected chi connectivity index (χ0v) is 55.5. The van der Waals surface area contributed by atoms with E-state index in [0.717, 1.165) is 109 Å². The Balaban J connectivity index is 1.29. The lowest BCUT2D eigenvalue weighted by Gasteiger charge is -2.48. The van der Waals surface area contributed by atoms with Gasteiger partial charge in [0.25, 0.3) is 0 Å². The zero-order valence-electron chi connectivity index (χ0n) is 55.5. The Kier molecular flexibility index (Phi) is 47.8. The molecule has 3 saturated heterocycles. The van der Waals surface area contributed by atoms with Gasteiger partial charge in [0.2, 0.25) is 5.91 Å². The fraction of sp³-hybridized carbons (Fsp3) is 0.712. The molecule has 3 heterocycles. The molecule has 3 aliphatic rings. The van der Waals surface area contributed by atoms with Crippen molar-refractivity contribution in [2.24, 2.45) is 0 Å². The van der Waals surface area contributed by atoms with Crippen LogP contribution in [0.3, 0.4) is 0 Å². The normalized spacial score (nSPS) is 28.5. The Morgan fingerprint density at radius 3 is 1.22 bits per heavy atom. The molecule has 0 saturated carbocycles. The molecule has 19 nitrogen and oxygen atoms in total. The van der Waals surface area contributed by atoms with Crippen molar-refractivity contribution in [1.29, 1.82) is 0 Å². The Labute approximate surface area is 550 Å². The van der Waals surface area contributed by atoms with Crippen molar-refractivity contribution in [3.8, 4) is 0 Å². The minimum Gasteiger partial charge on any atom is -0.394 e. The molecule has 3 fully saturated rings. The van der Waals surface area contributed by atoms with E-state index in [1.54, 1.807) is 6.08 Å². The van der Waals surface area contributed by atoms with Gasteiger partial charge in [-0.05, 0) is 89.9 Å². The third-order valence-electron chi connectivity index (χ3n) is 16.5. The van der Waals surface area contributed by atoms with Crippen LogP contribution in [0.15, 0.2) is 122 Å². The quantitative estimate of drug-likeness (QED) is 0.0199. The van der Waals surface area contributed by atoms with E-state index in [1.165, 1.54) is 57.8 Å². The van der Waals surface area contributed by atoms with Crippen LogP contribution in [-0.4, -0.2) is 193 Å². The predicted molar refractivity (Wildman–Crippen MR) is 360 cm³/mol. The molecule has 12 N–H and O–H groups in total. The first-order valence-electron chi connectivity index (χ1n) is 34.8. The number of nitrogens with one attached hydrogen (secondary N) is 1. The minimum atomic E-state index is -1.98. The molecular formula is C73H121NO18. The van der Waals surface area contributed by atoms with E-state index in [1.807, 2.05) is 6.08 Å². The van der Waals surface area contributed by atoms with Crippen LogP contribution in [0.5, 0.6) is 0 Å². The first kappa shape index (κ1) is 82.4. The molecule has 19 heteroatoms. The number of carbonyl (C=O) groups excluding carboxylic acids is 1. The number of hydrogen-bond acceptors (Lipinski definition) is 18. The first-order chi connectivity index (χ1) is 44.8. The molecule has 3 rings (SSSR count). The summed E-state index contributed by atoms with van der Waals surface area (Å²) in [6.07, 6.45) is 46.7. The number of aliphatic hydroxyl groups excluding tert-OH is 11. The van der Waals surface area contributed by atoms with Crippen molar-refractivity contribution in [1.82, 2.24) is 5.32 Å². The lowest BCUT2D eigenvalue weighted by atomic mass is 9.96. The molecule has 0 aliphatic carbocycles. The zero-order chi connectivity index (χ0) is 66.8. The van der Waals surface area contributed by atoms with Gasteiger partial charge in [-0.2, -0.15) is 0 Å². The average molecular weight is 1300 g/mol. The SMILES string of the molecule is CC/C=C\C/C=C\C/C=C\C/C=C\C/C=C\C/C=C\C/C=C\C/C=C\CCCCCCCCCCCCCCCCC(=O)NC(COC1OC(CO)C(OC2OC(CO)C(OC3OC(CO)C(O)C(O)C3O)C(O)C2O)C(O)C1O)C(O)/C=C/CC/C=C/CCCC. The van der Waals surface area contributed by atoms with Crippen molar-refractivity contribution in [3.05, 3.63) is 122 Å². The minimum absolute atomic E-state index is 0.227. The van der Waals surface area contributed by atoms with Crippen molar-refractivity contribution in [3.63, 3.8) is 0 Å². The van der Waals surface area contributed by atoms with Gasteiger partial charge in [-0.1, -0.05) is 225 Å². The van der Waals surface area contributed by atoms with Gasteiger partial charge in [0, 0.05) is 6.42 Å². The van der Waals surface area contributed by atoms with E-state index in [-0.39, 0.29) is 18.9 Å². The van der Waals surface area contributed by atoms with Crippen LogP contribution in [0, 0.1) is 0 Å². The lowest BCUT2D eigenvalue weighted by molar-refractivity contribution is -0.379. The third kappa shape index (κ3) is 34.7. The second kappa shape index (κ2) is 53.3. The van der Waals surface area contributed by atoms with Crippen LogP contribution in [-0.2, 0) is 33.2 Å². The summed E-state index contributed by atoms with van der Waals surface area (Å²) >= 11 is 0. The van der Waals surface area contributed by atoms with Crippen LogP contribution in [0.25, 0.3) is 0 Å². The largest absolute Gasteiger partial charge is 0.394 e. The second-order valence-electron chi connectivity index (χ2n) is 24.2. The van der Waals surface area contributed by atoms with Crippen molar-refractivity contribution in [2.75, 3.05) is 26.4 Å². The summed E-state index contributed by atoms with van der Waals surface area (Å²) in [5, 5.41) is 120. The Morgan fingerprint density at radius 2 is 0.761 bits per heavy atom. The van der Waals surface area contributed by atoms with E-state index in [4.69, 9.17) is 28.4 Å². The number of carbonyl (C=O) groups is 1. The molecule has 0 aromatic carbocycles. The maximum absolute atomic E-state index is 13.3. The van der Waals surface area contributed by atoms with Crippen LogP contribution in [0.1, 0.15) is 200 Å². The Hall–Kier alpha value is -3.81. The highest BCUT2D eigenvalue weighted by molar-refractivity contribution is 5.76. The molecule has 17 unspecified atom stereocenters. The van der Waals surface area contributed by atoms with E-state index in [9.17, 15) is 61.0 Å². The summed E-state index contributed by atoms with van der Waals surface area (Å²) in [4.78, 5) is 13.3. The Morgan fingerprint density at radius 1 is 0.402 bits per heavy atom. The standard InChI is InChI=1S/C73H121NO18/c1-3-5-7-9-11-13-14-15-16-17-18-19-20-21-22-23-24-25-26-27-28-29-30-31-32-33-34-35-36-37-38-39-40-41-42-43-45-47-49-51-61(79)74-56(57(78)50-48-46-44-12-10-8-6-4-2)55-87-71-67(85)64(82)69(59(53-76)89-71)92-73-68(86)65(83)70(60(54-77)90-73)91-72-66(84)63(81)62(80)58(52-75)88-72/h5,7,10-13,15-16,18-19,21-22,24-25,27-28,30-31,48,50,56-60,62-73,75-78,80-86H,3-4,6,8-9,14,17,20,23,26,29,32-47,49,51-55H2,1-2H3,(H,74,79)/b7-5-,12-10+,13-11-,16-15-,19-18-,22-21-,25-24-,28-27-,31-30-,50-48+. The van der Waals surface area contributed by atoms with Crippen molar-refractivity contribution in [2.45, 2.75) is 304 Å². The fourth-order valence-electron chi connectivity index (χ4n) is 10.9. The van der Waals surface area contributed by atoms with Gasteiger partial charge in [-0.3, -0.25) is 4.79 Å². The monoisotopic (exact) mass is 1300 g/mol. The summed E-state index contributed by atoms with van der Waals surface area (Å²) < 4.78 is 34.2. The lowest BCUT2D eigenvalue weighted by Crippen LogP contribution is -2.66. The molecule has 17 atom stereocenters. The smallest absolute Gasteiger partial charge is 0.220 e.